The Morgan fingerprint density at radius 2 is 1.55 bits per heavy atom. The van der Waals surface area contributed by atoms with Crippen LogP contribution in [0.3, 0.4) is 0 Å². The molecule has 1 heterocycles. The molecule has 31 heavy (non-hydrogen) atoms. The summed E-state index contributed by atoms with van der Waals surface area (Å²) in [5.41, 5.74) is 0.318. The summed E-state index contributed by atoms with van der Waals surface area (Å²) in [5, 5.41) is 22.1. The van der Waals surface area contributed by atoms with Gasteiger partial charge in [-0.3, -0.25) is 19.8 Å². The Hall–Kier alpha value is -4.17. The topological polar surface area (TPSA) is 99.1 Å². The first-order valence-corrected chi connectivity index (χ1v) is 9.60. The van der Waals surface area contributed by atoms with E-state index in [0.29, 0.717) is 17.2 Å². The molecule has 8 heteroatoms. The molecule has 1 saturated heterocycles. The van der Waals surface area contributed by atoms with E-state index in [-0.39, 0.29) is 22.0 Å². The molecule has 3 aromatic carbocycles. The van der Waals surface area contributed by atoms with E-state index in [1.807, 2.05) is 30.3 Å². The Kier molecular flexibility index (Phi) is 5.38. The molecule has 0 bridgehead atoms. The lowest BCUT2D eigenvalue weighted by Gasteiger charge is -2.29. The molecule has 4 rings (SSSR count). The number of hydrogen-bond donors (Lipinski definition) is 3. The minimum Gasteiger partial charge on any atom is -0.504 e. The van der Waals surface area contributed by atoms with Gasteiger partial charge in [0.1, 0.15) is 17.1 Å². The molecule has 0 radical (unpaired) electrons. The van der Waals surface area contributed by atoms with Gasteiger partial charge in [-0.05, 0) is 60.8 Å². The predicted octanol–water partition coefficient (Wildman–Crippen LogP) is 3.72. The van der Waals surface area contributed by atoms with E-state index >= 15 is 0 Å². The summed E-state index contributed by atoms with van der Waals surface area (Å²) in [4.78, 5) is 26.6. The summed E-state index contributed by atoms with van der Waals surface area (Å²) in [6.45, 7) is 0. The van der Waals surface area contributed by atoms with Crippen LogP contribution >= 0.6 is 12.2 Å². The number of benzene rings is 3. The Balaban J connectivity index is 1.63. The molecule has 0 aromatic heterocycles. The first-order valence-electron chi connectivity index (χ1n) is 9.19. The molecule has 3 N–H and O–H groups in total. The van der Waals surface area contributed by atoms with Crippen LogP contribution < -0.4 is 15.0 Å². The van der Waals surface area contributed by atoms with Gasteiger partial charge in [0.2, 0.25) is 0 Å². The van der Waals surface area contributed by atoms with Crippen LogP contribution in [0.25, 0.3) is 6.08 Å². The van der Waals surface area contributed by atoms with Crippen LogP contribution in [0.15, 0.2) is 78.4 Å². The number of phenols is 2. The van der Waals surface area contributed by atoms with Crippen molar-refractivity contribution in [2.24, 2.45) is 0 Å². The monoisotopic (exact) mass is 432 g/mol. The lowest BCUT2D eigenvalue weighted by molar-refractivity contribution is -0.122. The van der Waals surface area contributed by atoms with Crippen LogP contribution in [0.2, 0.25) is 0 Å². The van der Waals surface area contributed by atoms with Crippen molar-refractivity contribution >= 4 is 40.9 Å². The average Bonchev–Trinajstić information content (AvgIpc) is 2.76. The predicted molar refractivity (Wildman–Crippen MR) is 119 cm³/mol. The third kappa shape index (κ3) is 4.10. The number of nitrogens with zero attached hydrogens (tertiary/aromatic N) is 1. The van der Waals surface area contributed by atoms with Crippen molar-refractivity contribution < 1.29 is 24.5 Å². The van der Waals surface area contributed by atoms with Crippen molar-refractivity contribution in [1.82, 2.24) is 5.32 Å². The van der Waals surface area contributed by atoms with E-state index in [4.69, 9.17) is 17.0 Å². The number of carbonyl (C=O) groups excluding carboxylic acids is 2. The lowest BCUT2D eigenvalue weighted by Crippen LogP contribution is -2.54. The van der Waals surface area contributed by atoms with Crippen molar-refractivity contribution in [3.8, 4) is 23.0 Å². The smallest absolute Gasteiger partial charge is 0.270 e. The normalized spacial score (nSPS) is 15.2. The van der Waals surface area contributed by atoms with Crippen LogP contribution in [0.4, 0.5) is 5.69 Å². The van der Waals surface area contributed by atoms with Gasteiger partial charge in [0.15, 0.2) is 16.6 Å². The van der Waals surface area contributed by atoms with Gasteiger partial charge < -0.3 is 14.9 Å². The van der Waals surface area contributed by atoms with Crippen molar-refractivity contribution in [2.75, 3.05) is 4.90 Å². The van der Waals surface area contributed by atoms with Gasteiger partial charge in [0, 0.05) is 5.56 Å². The van der Waals surface area contributed by atoms with Crippen LogP contribution in [-0.2, 0) is 9.59 Å². The van der Waals surface area contributed by atoms with Crippen LogP contribution in [0.5, 0.6) is 23.0 Å². The number of thiocarbonyl (C=S) groups is 1. The van der Waals surface area contributed by atoms with Gasteiger partial charge in [-0.1, -0.05) is 30.3 Å². The summed E-state index contributed by atoms with van der Waals surface area (Å²) in [5.74, 6) is -0.915. The third-order valence-electron chi connectivity index (χ3n) is 4.52. The second-order valence-electron chi connectivity index (χ2n) is 6.58. The summed E-state index contributed by atoms with van der Waals surface area (Å²) >= 11 is 5.19. The zero-order valence-electron chi connectivity index (χ0n) is 16.0. The maximum Gasteiger partial charge on any atom is 0.270 e. The van der Waals surface area contributed by atoms with E-state index in [9.17, 15) is 19.8 Å². The van der Waals surface area contributed by atoms with Crippen molar-refractivity contribution in [3.05, 3.63) is 83.9 Å². The molecule has 154 valence electrons. The fraction of sp³-hybridized carbons (Fsp3) is 0. The Bertz CT molecular complexity index is 1210. The number of para-hydroxylation sites is 2. The van der Waals surface area contributed by atoms with E-state index in [2.05, 4.69) is 5.32 Å². The molecule has 2 amide bonds. The molecule has 0 unspecified atom stereocenters. The molecule has 0 saturated carbocycles. The number of anilines is 1. The molecular formula is C23H16N2O5S. The first-order chi connectivity index (χ1) is 14.9. The fourth-order valence-electron chi connectivity index (χ4n) is 3.00. The number of hydrogen-bond acceptors (Lipinski definition) is 6. The van der Waals surface area contributed by atoms with Crippen LogP contribution in [-0.4, -0.2) is 27.1 Å². The zero-order valence-corrected chi connectivity index (χ0v) is 16.8. The SMILES string of the molecule is O=C1NC(=S)N(c2ccc(Oc3ccccc3)cc2)C(=O)C1=Cc1cccc(O)c1O. The zero-order chi connectivity index (χ0) is 22.0. The molecule has 1 aliphatic rings. The highest BCUT2D eigenvalue weighted by Crippen LogP contribution is 2.31. The number of phenolic OH excluding ortho intramolecular Hbond substituents is 2. The minimum atomic E-state index is -0.696. The number of rotatable bonds is 4. The summed E-state index contributed by atoms with van der Waals surface area (Å²) in [7, 11) is 0. The van der Waals surface area contributed by atoms with Gasteiger partial charge >= 0.3 is 0 Å². The Morgan fingerprint density at radius 1 is 0.871 bits per heavy atom. The maximum absolute atomic E-state index is 13.1. The highest BCUT2D eigenvalue weighted by Gasteiger charge is 2.34. The van der Waals surface area contributed by atoms with E-state index in [1.165, 1.54) is 29.2 Å². The van der Waals surface area contributed by atoms with Crippen molar-refractivity contribution in [3.63, 3.8) is 0 Å². The highest BCUT2D eigenvalue weighted by atomic mass is 32.1. The van der Waals surface area contributed by atoms with Crippen molar-refractivity contribution in [1.29, 1.82) is 0 Å². The third-order valence-corrected chi connectivity index (χ3v) is 4.81. The summed E-state index contributed by atoms with van der Waals surface area (Å²) in [6.07, 6.45) is 1.20. The first kappa shape index (κ1) is 20.1. The molecule has 7 nitrogen and oxygen atoms in total. The number of amides is 2. The molecule has 3 aromatic rings. The average molecular weight is 432 g/mol. The van der Waals surface area contributed by atoms with Gasteiger partial charge in [0.25, 0.3) is 11.8 Å². The molecule has 0 atom stereocenters. The van der Waals surface area contributed by atoms with E-state index < -0.39 is 17.6 Å². The van der Waals surface area contributed by atoms with Gasteiger partial charge in [-0.2, -0.15) is 0 Å². The molecule has 1 fully saturated rings. The van der Waals surface area contributed by atoms with Gasteiger partial charge in [-0.15, -0.1) is 0 Å². The fourth-order valence-corrected chi connectivity index (χ4v) is 3.28. The molecule has 1 aliphatic heterocycles. The van der Waals surface area contributed by atoms with E-state index in [1.54, 1.807) is 24.3 Å². The molecule has 0 spiro atoms. The largest absolute Gasteiger partial charge is 0.504 e. The minimum absolute atomic E-state index is 0.0657. The van der Waals surface area contributed by atoms with Gasteiger partial charge in [-0.25, -0.2) is 0 Å². The standard InChI is InChI=1S/C23H16N2O5S/c26-19-8-4-5-14(20(19)27)13-18-21(28)24-23(31)25(22(18)29)15-9-11-17(12-10-15)30-16-6-2-1-3-7-16/h1-13,26-27H,(H,24,28,31). The van der Waals surface area contributed by atoms with Crippen LogP contribution in [0.1, 0.15) is 5.56 Å². The lowest BCUT2D eigenvalue weighted by atomic mass is 10.1. The quantitative estimate of drug-likeness (QED) is 0.252. The summed E-state index contributed by atoms with van der Waals surface area (Å²) < 4.78 is 5.75. The second-order valence-corrected chi connectivity index (χ2v) is 6.97. The number of nitrogens with one attached hydrogen (secondary N) is 1. The second kappa shape index (κ2) is 8.29. The van der Waals surface area contributed by atoms with Crippen LogP contribution in [0, 0.1) is 0 Å². The molecule has 0 aliphatic carbocycles. The van der Waals surface area contributed by atoms with Crippen molar-refractivity contribution in [2.45, 2.75) is 0 Å². The highest BCUT2D eigenvalue weighted by molar-refractivity contribution is 7.80. The number of carbonyl (C=O) groups is 2. The number of aromatic hydroxyl groups is 2. The Morgan fingerprint density at radius 3 is 2.26 bits per heavy atom. The molecular weight excluding hydrogens is 416 g/mol. The maximum atomic E-state index is 13.1. The Labute approximate surface area is 182 Å². The number of ether oxygens (including phenoxy) is 1. The van der Waals surface area contributed by atoms with Gasteiger partial charge in [0.05, 0.1) is 5.69 Å². The van der Waals surface area contributed by atoms with E-state index in [0.717, 1.165) is 0 Å². The summed E-state index contributed by atoms with van der Waals surface area (Å²) in [6, 6.07) is 20.1.